The molecule has 0 aliphatic carbocycles. The lowest BCUT2D eigenvalue weighted by Gasteiger charge is -2.09. The molecule has 2 N–H and O–H groups in total. The third-order valence-corrected chi connectivity index (χ3v) is 2.91. The monoisotopic (exact) mass is 294 g/mol. The minimum absolute atomic E-state index is 0.143. The number of ether oxygens (including phenoxy) is 2. The molecule has 3 rings (SSSR count). The molecule has 0 heterocycles. The maximum Gasteiger partial charge on any atom is 0.131 e. The highest BCUT2D eigenvalue weighted by atomic mass is 16.5. The average molecular weight is 294 g/mol. The minimum atomic E-state index is 0.143. The average Bonchev–Trinajstić information content (AvgIpc) is 2.47. The summed E-state index contributed by atoms with van der Waals surface area (Å²) in [6.07, 6.45) is 0. The Hall–Kier alpha value is -3.14. The van der Waals surface area contributed by atoms with E-state index in [-0.39, 0.29) is 11.5 Å². The molecular weight excluding hydrogens is 280 g/mol. The molecule has 0 aromatic heterocycles. The van der Waals surface area contributed by atoms with E-state index in [4.69, 9.17) is 9.47 Å². The summed E-state index contributed by atoms with van der Waals surface area (Å²) in [6.45, 7) is 0. The molecule has 0 spiro atoms. The summed E-state index contributed by atoms with van der Waals surface area (Å²) in [6, 6.07) is 20.2. The van der Waals surface area contributed by atoms with Crippen molar-refractivity contribution < 1.29 is 19.7 Å². The molecule has 0 unspecified atom stereocenters. The summed E-state index contributed by atoms with van der Waals surface area (Å²) in [5.74, 6) is 2.53. The second-order valence-corrected chi connectivity index (χ2v) is 4.67. The fraction of sp³-hybridized carbons (Fsp3) is 0. The molecule has 0 aliphatic rings. The van der Waals surface area contributed by atoms with Gasteiger partial charge in [-0.2, -0.15) is 0 Å². The number of hydrogen-bond donors (Lipinski definition) is 2. The van der Waals surface area contributed by atoms with Crippen LogP contribution in [0.5, 0.6) is 34.5 Å². The Morgan fingerprint density at radius 3 is 1.27 bits per heavy atom. The lowest BCUT2D eigenvalue weighted by atomic mass is 10.3. The summed E-state index contributed by atoms with van der Waals surface area (Å²) >= 11 is 0. The Morgan fingerprint density at radius 1 is 0.500 bits per heavy atom. The van der Waals surface area contributed by atoms with Crippen LogP contribution in [0.4, 0.5) is 0 Å². The zero-order valence-electron chi connectivity index (χ0n) is 11.6. The zero-order valence-corrected chi connectivity index (χ0v) is 11.6. The molecule has 3 aromatic carbocycles. The van der Waals surface area contributed by atoms with Gasteiger partial charge in [-0.3, -0.25) is 0 Å². The van der Waals surface area contributed by atoms with E-state index in [0.29, 0.717) is 23.0 Å². The Labute approximate surface area is 127 Å². The van der Waals surface area contributed by atoms with Gasteiger partial charge >= 0.3 is 0 Å². The first-order valence-electron chi connectivity index (χ1n) is 6.73. The van der Waals surface area contributed by atoms with E-state index in [1.807, 2.05) is 0 Å². The summed E-state index contributed by atoms with van der Waals surface area (Å²) in [4.78, 5) is 0. The predicted octanol–water partition coefficient (Wildman–Crippen LogP) is 4.68. The fourth-order valence-corrected chi connectivity index (χ4v) is 1.97. The second-order valence-electron chi connectivity index (χ2n) is 4.67. The minimum Gasteiger partial charge on any atom is -0.508 e. The molecule has 4 nitrogen and oxygen atoms in total. The molecule has 0 aliphatic heterocycles. The van der Waals surface area contributed by atoms with Crippen LogP contribution < -0.4 is 9.47 Å². The standard InChI is InChI=1S/C18H14O4/c19-13-4-1-6-15(10-13)21-17-8-3-9-18(12-17)22-16-7-2-5-14(20)11-16/h1-12,19-20H. The van der Waals surface area contributed by atoms with Gasteiger partial charge < -0.3 is 19.7 Å². The highest BCUT2D eigenvalue weighted by molar-refractivity contribution is 5.41. The van der Waals surface area contributed by atoms with E-state index in [2.05, 4.69) is 0 Å². The lowest BCUT2D eigenvalue weighted by Crippen LogP contribution is -1.87. The number of hydrogen-bond acceptors (Lipinski definition) is 4. The molecule has 110 valence electrons. The van der Waals surface area contributed by atoms with E-state index in [9.17, 15) is 10.2 Å². The number of phenolic OH excluding ortho intramolecular Hbond substituents is 2. The van der Waals surface area contributed by atoms with Gasteiger partial charge in [-0.05, 0) is 36.4 Å². The third kappa shape index (κ3) is 3.49. The molecule has 0 bridgehead atoms. The second kappa shape index (κ2) is 6.10. The van der Waals surface area contributed by atoms with Gasteiger partial charge in [0, 0.05) is 18.2 Å². The Balaban J connectivity index is 1.78. The third-order valence-electron chi connectivity index (χ3n) is 2.91. The molecule has 0 saturated heterocycles. The molecule has 22 heavy (non-hydrogen) atoms. The highest BCUT2D eigenvalue weighted by Crippen LogP contribution is 2.30. The molecule has 4 heteroatoms. The van der Waals surface area contributed by atoms with Crippen molar-refractivity contribution in [3.63, 3.8) is 0 Å². The first-order chi connectivity index (χ1) is 10.7. The van der Waals surface area contributed by atoms with Gasteiger partial charge in [0.05, 0.1) is 0 Å². The Bertz CT molecular complexity index is 721. The van der Waals surface area contributed by atoms with Gasteiger partial charge in [0.15, 0.2) is 0 Å². The van der Waals surface area contributed by atoms with Crippen LogP contribution in [0.3, 0.4) is 0 Å². The van der Waals surface area contributed by atoms with Crippen molar-refractivity contribution in [2.75, 3.05) is 0 Å². The van der Waals surface area contributed by atoms with Crippen LogP contribution in [0.25, 0.3) is 0 Å². The van der Waals surface area contributed by atoms with Gasteiger partial charge in [0.2, 0.25) is 0 Å². The van der Waals surface area contributed by atoms with Crippen LogP contribution in [0.2, 0.25) is 0 Å². The Kier molecular flexibility index (Phi) is 3.83. The normalized spacial score (nSPS) is 10.2. The van der Waals surface area contributed by atoms with Crippen LogP contribution >= 0.6 is 0 Å². The molecule has 0 radical (unpaired) electrons. The topological polar surface area (TPSA) is 58.9 Å². The highest BCUT2D eigenvalue weighted by Gasteiger charge is 2.03. The van der Waals surface area contributed by atoms with Gasteiger partial charge in [0.1, 0.15) is 34.5 Å². The summed E-state index contributed by atoms with van der Waals surface area (Å²) in [7, 11) is 0. The number of benzene rings is 3. The fourth-order valence-electron chi connectivity index (χ4n) is 1.97. The van der Waals surface area contributed by atoms with Gasteiger partial charge in [-0.25, -0.2) is 0 Å². The molecule has 0 fully saturated rings. The molecule has 0 atom stereocenters. The van der Waals surface area contributed by atoms with E-state index >= 15 is 0 Å². The summed E-state index contributed by atoms with van der Waals surface area (Å²) < 4.78 is 11.3. The van der Waals surface area contributed by atoms with Crippen LogP contribution in [-0.2, 0) is 0 Å². The van der Waals surface area contributed by atoms with Crippen molar-refractivity contribution >= 4 is 0 Å². The van der Waals surface area contributed by atoms with Crippen LogP contribution in [0.1, 0.15) is 0 Å². The van der Waals surface area contributed by atoms with Gasteiger partial charge in [0.25, 0.3) is 0 Å². The number of phenols is 2. The molecule has 3 aromatic rings. The van der Waals surface area contributed by atoms with E-state index in [1.54, 1.807) is 60.7 Å². The van der Waals surface area contributed by atoms with Crippen molar-refractivity contribution in [3.05, 3.63) is 72.8 Å². The van der Waals surface area contributed by atoms with Crippen LogP contribution in [0.15, 0.2) is 72.8 Å². The maximum absolute atomic E-state index is 9.44. The number of aromatic hydroxyl groups is 2. The SMILES string of the molecule is Oc1cccc(Oc2cccc(Oc3cccc(O)c3)c2)c1. The van der Waals surface area contributed by atoms with Crippen LogP contribution in [0, 0.1) is 0 Å². The van der Waals surface area contributed by atoms with Crippen molar-refractivity contribution in [2.24, 2.45) is 0 Å². The van der Waals surface area contributed by atoms with E-state index < -0.39 is 0 Å². The van der Waals surface area contributed by atoms with Crippen molar-refractivity contribution in [1.29, 1.82) is 0 Å². The van der Waals surface area contributed by atoms with E-state index in [0.717, 1.165) is 0 Å². The Morgan fingerprint density at radius 2 is 0.864 bits per heavy atom. The van der Waals surface area contributed by atoms with Crippen LogP contribution in [-0.4, -0.2) is 10.2 Å². The molecular formula is C18H14O4. The quantitative estimate of drug-likeness (QED) is 0.733. The van der Waals surface area contributed by atoms with Crippen molar-refractivity contribution in [2.45, 2.75) is 0 Å². The van der Waals surface area contributed by atoms with Crippen molar-refractivity contribution in [3.8, 4) is 34.5 Å². The zero-order chi connectivity index (χ0) is 15.4. The molecule has 0 saturated carbocycles. The van der Waals surface area contributed by atoms with Gasteiger partial charge in [-0.1, -0.05) is 18.2 Å². The van der Waals surface area contributed by atoms with Crippen molar-refractivity contribution in [1.82, 2.24) is 0 Å². The lowest BCUT2D eigenvalue weighted by molar-refractivity contribution is 0.444. The molecule has 0 amide bonds. The summed E-state index contributed by atoms with van der Waals surface area (Å²) in [5, 5.41) is 18.9. The smallest absolute Gasteiger partial charge is 0.131 e. The predicted molar refractivity (Wildman–Crippen MR) is 82.8 cm³/mol. The summed E-state index contributed by atoms with van der Waals surface area (Å²) in [5.41, 5.74) is 0. The first kappa shape index (κ1) is 13.8. The largest absolute Gasteiger partial charge is 0.508 e. The maximum atomic E-state index is 9.44. The van der Waals surface area contributed by atoms with Gasteiger partial charge in [-0.15, -0.1) is 0 Å². The van der Waals surface area contributed by atoms with E-state index in [1.165, 1.54) is 12.1 Å². The first-order valence-corrected chi connectivity index (χ1v) is 6.73. The number of rotatable bonds is 4.